The Balaban J connectivity index is 1.97. The van der Waals surface area contributed by atoms with Gasteiger partial charge in [0.05, 0.1) is 5.52 Å². The average molecular weight is 297 g/mol. The summed E-state index contributed by atoms with van der Waals surface area (Å²) in [5, 5.41) is 5.55. The molecule has 0 amide bonds. The number of nitrogens with two attached hydrogens (primary N) is 1. The van der Waals surface area contributed by atoms with Crippen molar-refractivity contribution in [3.63, 3.8) is 0 Å². The van der Waals surface area contributed by atoms with Crippen molar-refractivity contribution in [3.05, 3.63) is 47.8 Å². The van der Waals surface area contributed by atoms with E-state index >= 15 is 0 Å². The largest absolute Gasteiger partial charge is 0.488 e. The normalized spacial score (nSPS) is 16.8. The molecule has 0 radical (unpaired) electrons. The van der Waals surface area contributed by atoms with Crippen LogP contribution in [0.4, 0.5) is 4.39 Å². The van der Waals surface area contributed by atoms with Crippen LogP contribution in [-0.4, -0.2) is 22.4 Å². The van der Waals surface area contributed by atoms with E-state index in [0.717, 1.165) is 22.2 Å². The summed E-state index contributed by atoms with van der Waals surface area (Å²) in [6.45, 7) is 0.415. The van der Waals surface area contributed by atoms with Crippen LogP contribution in [0.3, 0.4) is 0 Å². The molecule has 0 fully saturated rings. The molecule has 1 aromatic heterocycles. The number of aryl methyl sites for hydroxylation is 1. The van der Waals surface area contributed by atoms with Gasteiger partial charge in [0, 0.05) is 36.5 Å². The van der Waals surface area contributed by atoms with Crippen LogP contribution in [0.15, 0.2) is 36.4 Å². The van der Waals surface area contributed by atoms with Gasteiger partial charge in [0.25, 0.3) is 0 Å². The summed E-state index contributed by atoms with van der Waals surface area (Å²) in [5.41, 5.74) is 9.00. The Labute approximate surface area is 127 Å². The lowest BCUT2D eigenvalue weighted by atomic mass is 10.0. The Kier molecular flexibility index (Phi) is 2.90. The van der Waals surface area contributed by atoms with E-state index < -0.39 is 0 Å². The quantitative estimate of drug-likeness (QED) is 0.791. The molecule has 1 aliphatic heterocycles. The maximum Gasteiger partial charge on any atom is 0.132 e. The molecular formula is C17H16FN3O. The van der Waals surface area contributed by atoms with E-state index in [-0.39, 0.29) is 11.9 Å². The zero-order chi connectivity index (χ0) is 15.3. The Hall–Kier alpha value is -2.40. The SMILES string of the molecule is Cn1nc(-c2cc(F)cc3c2O[C@H](CN)C3)c2ccccc21. The molecule has 112 valence electrons. The van der Waals surface area contributed by atoms with Crippen LogP contribution in [0.2, 0.25) is 0 Å². The van der Waals surface area contributed by atoms with Crippen LogP contribution in [0.25, 0.3) is 22.2 Å². The summed E-state index contributed by atoms with van der Waals surface area (Å²) >= 11 is 0. The zero-order valence-corrected chi connectivity index (χ0v) is 12.2. The number of nitrogens with zero attached hydrogens (tertiary/aromatic N) is 2. The highest BCUT2D eigenvalue weighted by Gasteiger charge is 2.27. The van der Waals surface area contributed by atoms with Gasteiger partial charge < -0.3 is 10.5 Å². The monoisotopic (exact) mass is 297 g/mol. The topological polar surface area (TPSA) is 53.1 Å². The summed E-state index contributed by atoms with van der Waals surface area (Å²) < 4.78 is 21.7. The molecule has 0 saturated carbocycles. The fourth-order valence-electron chi connectivity index (χ4n) is 3.11. The van der Waals surface area contributed by atoms with E-state index in [1.165, 1.54) is 12.1 Å². The number of rotatable bonds is 2. The van der Waals surface area contributed by atoms with Gasteiger partial charge in [-0.3, -0.25) is 4.68 Å². The van der Waals surface area contributed by atoms with Crippen LogP contribution in [0, 0.1) is 5.82 Å². The molecule has 1 atom stereocenters. The van der Waals surface area contributed by atoms with Crippen molar-refractivity contribution in [2.75, 3.05) is 6.54 Å². The first-order valence-electron chi connectivity index (χ1n) is 7.28. The molecule has 4 rings (SSSR count). The molecule has 0 bridgehead atoms. The Morgan fingerprint density at radius 2 is 2.18 bits per heavy atom. The second-order valence-corrected chi connectivity index (χ2v) is 5.61. The number of para-hydroxylation sites is 1. The number of ether oxygens (including phenoxy) is 1. The van der Waals surface area contributed by atoms with Crippen LogP contribution in [-0.2, 0) is 13.5 Å². The van der Waals surface area contributed by atoms with E-state index in [9.17, 15) is 4.39 Å². The minimum Gasteiger partial charge on any atom is -0.488 e. The van der Waals surface area contributed by atoms with Gasteiger partial charge in [0.1, 0.15) is 23.4 Å². The van der Waals surface area contributed by atoms with Gasteiger partial charge in [-0.1, -0.05) is 18.2 Å². The van der Waals surface area contributed by atoms with Gasteiger partial charge in [-0.25, -0.2) is 4.39 Å². The van der Waals surface area contributed by atoms with Gasteiger partial charge in [-0.2, -0.15) is 5.10 Å². The molecule has 2 N–H and O–H groups in total. The lowest BCUT2D eigenvalue weighted by Crippen LogP contribution is -2.24. The molecule has 2 aromatic carbocycles. The van der Waals surface area contributed by atoms with Crippen LogP contribution in [0.1, 0.15) is 5.56 Å². The number of hydrogen-bond acceptors (Lipinski definition) is 3. The Morgan fingerprint density at radius 1 is 1.36 bits per heavy atom. The third-order valence-electron chi connectivity index (χ3n) is 4.14. The first-order valence-corrected chi connectivity index (χ1v) is 7.28. The van der Waals surface area contributed by atoms with Gasteiger partial charge >= 0.3 is 0 Å². The number of hydrogen-bond donors (Lipinski definition) is 1. The number of aromatic nitrogens is 2. The highest BCUT2D eigenvalue weighted by atomic mass is 19.1. The van der Waals surface area contributed by atoms with Gasteiger partial charge in [0.2, 0.25) is 0 Å². The Morgan fingerprint density at radius 3 is 3.00 bits per heavy atom. The zero-order valence-electron chi connectivity index (χ0n) is 12.2. The molecule has 3 aromatic rings. The molecule has 1 aliphatic rings. The minimum atomic E-state index is -0.273. The van der Waals surface area contributed by atoms with Crippen molar-refractivity contribution in [1.29, 1.82) is 0 Å². The molecule has 5 heteroatoms. The minimum absolute atomic E-state index is 0.0921. The average Bonchev–Trinajstić information content (AvgIpc) is 3.08. The van der Waals surface area contributed by atoms with Gasteiger partial charge in [0.15, 0.2) is 0 Å². The van der Waals surface area contributed by atoms with Crippen LogP contribution < -0.4 is 10.5 Å². The lowest BCUT2D eigenvalue weighted by molar-refractivity contribution is 0.242. The maximum absolute atomic E-state index is 14.0. The number of benzene rings is 2. The maximum atomic E-state index is 14.0. The van der Waals surface area contributed by atoms with Crippen molar-refractivity contribution < 1.29 is 9.13 Å². The predicted octanol–water partition coefficient (Wildman–Crippen LogP) is 2.64. The van der Waals surface area contributed by atoms with Crippen molar-refractivity contribution in [2.24, 2.45) is 12.8 Å². The van der Waals surface area contributed by atoms with Gasteiger partial charge in [-0.15, -0.1) is 0 Å². The smallest absolute Gasteiger partial charge is 0.132 e. The second-order valence-electron chi connectivity index (χ2n) is 5.61. The molecule has 0 aliphatic carbocycles. The van der Waals surface area contributed by atoms with E-state index in [1.54, 1.807) is 4.68 Å². The summed E-state index contributed by atoms with van der Waals surface area (Å²) in [6.07, 6.45) is 0.548. The van der Waals surface area contributed by atoms with E-state index in [0.29, 0.717) is 24.3 Å². The number of fused-ring (bicyclic) bond motifs is 2. The van der Waals surface area contributed by atoms with E-state index in [2.05, 4.69) is 5.10 Å². The van der Waals surface area contributed by atoms with Crippen LogP contribution >= 0.6 is 0 Å². The third kappa shape index (κ3) is 1.89. The van der Waals surface area contributed by atoms with Crippen LogP contribution in [0.5, 0.6) is 5.75 Å². The predicted molar refractivity (Wildman–Crippen MR) is 83.3 cm³/mol. The highest BCUT2D eigenvalue weighted by molar-refractivity contribution is 5.95. The molecule has 4 nitrogen and oxygen atoms in total. The summed E-state index contributed by atoms with van der Waals surface area (Å²) in [5.74, 6) is 0.436. The summed E-state index contributed by atoms with van der Waals surface area (Å²) in [4.78, 5) is 0. The summed E-state index contributed by atoms with van der Waals surface area (Å²) in [7, 11) is 1.88. The first-order chi connectivity index (χ1) is 10.7. The molecule has 0 spiro atoms. The number of halogens is 1. The molecule has 0 saturated heterocycles. The molecular weight excluding hydrogens is 281 g/mol. The summed E-state index contributed by atoms with van der Waals surface area (Å²) in [6, 6.07) is 10.9. The van der Waals surface area contributed by atoms with Crippen molar-refractivity contribution in [1.82, 2.24) is 9.78 Å². The van der Waals surface area contributed by atoms with Crippen molar-refractivity contribution in [2.45, 2.75) is 12.5 Å². The standard InChI is InChI=1S/C17H16FN3O/c1-21-15-5-3-2-4-13(15)16(20-21)14-8-11(18)6-10-7-12(9-19)22-17(10)14/h2-6,8,12H,7,9,19H2,1H3/t12-/m0/s1. The fourth-order valence-corrected chi connectivity index (χ4v) is 3.11. The third-order valence-corrected chi connectivity index (χ3v) is 4.14. The lowest BCUT2D eigenvalue weighted by Gasteiger charge is -2.10. The highest BCUT2D eigenvalue weighted by Crippen LogP contribution is 2.41. The Bertz CT molecular complexity index is 872. The van der Waals surface area contributed by atoms with E-state index in [4.69, 9.17) is 10.5 Å². The fraction of sp³-hybridized carbons (Fsp3) is 0.235. The molecule has 22 heavy (non-hydrogen) atoms. The molecule has 2 heterocycles. The van der Waals surface area contributed by atoms with E-state index in [1.807, 2.05) is 31.3 Å². The van der Waals surface area contributed by atoms with Gasteiger partial charge in [-0.05, 0) is 18.2 Å². The first kappa shape index (κ1) is 13.3. The van der Waals surface area contributed by atoms with Crippen molar-refractivity contribution >= 4 is 10.9 Å². The van der Waals surface area contributed by atoms with Crippen molar-refractivity contribution in [3.8, 4) is 17.0 Å². The molecule has 0 unspecified atom stereocenters. The second kappa shape index (κ2) is 4.81.